The highest BCUT2D eigenvalue weighted by molar-refractivity contribution is 5.48. The van der Waals surface area contributed by atoms with Gasteiger partial charge in [0.2, 0.25) is 0 Å². The number of anilines is 1. The molecular weight excluding hydrogens is 464 g/mol. The van der Waals surface area contributed by atoms with Crippen molar-refractivity contribution in [3.8, 4) is 5.75 Å². The highest BCUT2D eigenvalue weighted by Crippen LogP contribution is 2.34. The van der Waals surface area contributed by atoms with Gasteiger partial charge in [-0.1, -0.05) is 24.3 Å². The maximum Gasteiger partial charge on any atom is 0.260 e. The van der Waals surface area contributed by atoms with Gasteiger partial charge in [-0.05, 0) is 55.0 Å². The SMILES string of the molecule is Cc1cc(O)c(C(c2ccc(F)cc2)N2CCN(c3ccccc3F)CC2)c(=O)n1Cc1ccco1. The van der Waals surface area contributed by atoms with E-state index in [-0.39, 0.29) is 35.1 Å². The molecule has 4 aromatic rings. The lowest BCUT2D eigenvalue weighted by Crippen LogP contribution is -2.49. The lowest BCUT2D eigenvalue weighted by molar-refractivity contribution is 0.207. The zero-order valence-electron chi connectivity index (χ0n) is 19.9. The van der Waals surface area contributed by atoms with E-state index in [1.54, 1.807) is 66.3 Å². The summed E-state index contributed by atoms with van der Waals surface area (Å²) in [5.41, 5.74) is 1.71. The monoisotopic (exact) mass is 491 g/mol. The summed E-state index contributed by atoms with van der Waals surface area (Å²) in [6, 6.07) is 17.1. The first kappa shape index (κ1) is 23.8. The van der Waals surface area contributed by atoms with Crippen LogP contribution in [0.25, 0.3) is 0 Å². The Hall–Kier alpha value is -3.91. The second-order valence-corrected chi connectivity index (χ2v) is 8.98. The van der Waals surface area contributed by atoms with Crippen molar-refractivity contribution in [1.82, 2.24) is 9.47 Å². The van der Waals surface area contributed by atoms with E-state index >= 15 is 0 Å². The van der Waals surface area contributed by atoms with Crippen LogP contribution in [0.4, 0.5) is 14.5 Å². The summed E-state index contributed by atoms with van der Waals surface area (Å²) < 4.78 is 35.2. The summed E-state index contributed by atoms with van der Waals surface area (Å²) in [5, 5.41) is 11.0. The average Bonchev–Trinajstić information content (AvgIpc) is 3.39. The third kappa shape index (κ3) is 4.64. The minimum atomic E-state index is -0.607. The van der Waals surface area contributed by atoms with Crippen LogP contribution in [0.1, 0.15) is 28.6 Å². The van der Waals surface area contributed by atoms with Crippen LogP contribution in [-0.2, 0) is 6.54 Å². The predicted octanol–water partition coefficient (Wildman–Crippen LogP) is 4.69. The minimum Gasteiger partial charge on any atom is -0.507 e. The van der Waals surface area contributed by atoms with Crippen LogP contribution >= 0.6 is 0 Å². The maximum atomic E-state index is 14.4. The molecule has 0 bridgehead atoms. The quantitative estimate of drug-likeness (QED) is 0.424. The summed E-state index contributed by atoms with van der Waals surface area (Å²) >= 11 is 0. The van der Waals surface area contributed by atoms with Crippen molar-refractivity contribution < 1.29 is 18.3 Å². The molecule has 3 heterocycles. The molecular formula is C28H27F2N3O3. The molecule has 6 nitrogen and oxygen atoms in total. The molecule has 8 heteroatoms. The molecule has 2 aromatic carbocycles. The number of benzene rings is 2. The van der Waals surface area contributed by atoms with E-state index in [0.717, 1.165) is 0 Å². The molecule has 5 rings (SSSR count). The smallest absolute Gasteiger partial charge is 0.260 e. The number of para-hydroxylation sites is 1. The molecule has 0 saturated carbocycles. The number of aromatic nitrogens is 1. The topological polar surface area (TPSA) is 61.9 Å². The molecule has 1 unspecified atom stereocenters. The van der Waals surface area contributed by atoms with Crippen molar-refractivity contribution in [3.63, 3.8) is 0 Å². The fraction of sp³-hybridized carbons (Fsp3) is 0.250. The van der Waals surface area contributed by atoms with E-state index in [1.807, 2.05) is 4.90 Å². The largest absolute Gasteiger partial charge is 0.507 e. The van der Waals surface area contributed by atoms with Gasteiger partial charge >= 0.3 is 0 Å². The van der Waals surface area contributed by atoms with Crippen molar-refractivity contribution in [2.24, 2.45) is 0 Å². The van der Waals surface area contributed by atoms with Gasteiger partial charge in [-0.2, -0.15) is 0 Å². The third-order valence-corrected chi connectivity index (χ3v) is 6.75. The third-order valence-electron chi connectivity index (χ3n) is 6.75. The van der Waals surface area contributed by atoms with Crippen LogP contribution in [0.2, 0.25) is 0 Å². The van der Waals surface area contributed by atoms with Crippen LogP contribution in [0, 0.1) is 18.6 Å². The molecule has 1 aliphatic rings. The summed E-state index contributed by atoms with van der Waals surface area (Å²) in [4.78, 5) is 17.8. The molecule has 1 saturated heterocycles. The number of aromatic hydroxyl groups is 1. The van der Waals surface area contributed by atoms with Crippen LogP contribution in [0.15, 0.2) is 82.2 Å². The molecule has 1 N–H and O–H groups in total. The lowest BCUT2D eigenvalue weighted by Gasteiger charge is -2.40. The summed E-state index contributed by atoms with van der Waals surface area (Å²) in [7, 11) is 0. The van der Waals surface area contributed by atoms with Crippen LogP contribution in [-0.4, -0.2) is 40.8 Å². The predicted molar refractivity (Wildman–Crippen MR) is 133 cm³/mol. The zero-order chi connectivity index (χ0) is 25.2. The molecule has 0 radical (unpaired) electrons. The molecule has 0 aliphatic carbocycles. The molecule has 0 amide bonds. The van der Waals surface area contributed by atoms with Gasteiger partial charge in [0.05, 0.1) is 30.1 Å². The molecule has 1 atom stereocenters. The summed E-state index contributed by atoms with van der Waals surface area (Å²) in [6.45, 7) is 4.08. The fourth-order valence-electron chi connectivity index (χ4n) is 4.91. The van der Waals surface area contributed by atoms with Crippen molar-refractivity contribution in [2.75, 3.05) is 31.1 Å². The van der Waals surface area contributed by atoms with Gasteiger partial charge in [0.1, 0.15) is 23.1 Å². The molecule has 1 fully saturated rings. The number of pyridine rings is 1. The number of hydrogen-bond donors (Lipinski definition) is 1. The van der Waals surface area contributed by atoms with Crippen molar-refractivity contribution in [2.45, 2.75) is 19.5 Å². The van der Waals surface area contributed by atoms with E-state index in [1.165, 1.54) is 18.2 Å². The van der Waals surface area contributed by atoms with Gasteiger partial charge in [-0.15, -0.1) is 0 Å². The van der Waals surface area contributed by atoms with Gasteiger partial charge in [0.15, 0.2) is 0 Å². The molecule has 0 spiro atoms. The number of rotatable bonds is 6. The Morgan fingerprint density at radius 2 is 1.69 bits per heavy atom. The standard InChI is InChI=1S/C28H27F2N3O3/c1-19-17-25(34)26(28(35)33(19)18-22-5-4-16-36-22)27(20-8-10-21(29)11-9-20)32-14-12-31(13-15-32)24-7-3-2-6-23(24)30/h2-11,16-17,27,34H,12-15,18H2,1H3. The maximum absolute atomic E-state index is 14.4. The second-order valence-electron chi connectivity index (χ2n) is 8.98. The van der Waals surface area contributed by atoms with Crippen molar-refractivity contribution in [3.05, 3.63) is 118 Å². The molecule has 1 aliphatic heterocycles. The molecule has 186 valence electrons. The number of furan rings is 1. The normalized spacial score (nSPS) is 15.2. The number of nitrogens with zero attached hydrogens (tertiary/aromatic N) is 3. The van der Waals surface area contributed by atoms with Crippen molar-refractivity contribution >= 4 is 5.69 Å². The van der Waals surface area contributed by atoms with E-state index in [2.05, 4.69) is 4.90 Å². The van der Waals surface area contributed by atoms with Crippen LogP contribution < -0.4 is 10.5 Å². The second kappa shape index (κ2) is 9.99. The first-order chi connectivity index (χ1) is 17.4. The van der Waals surface area contributed by atoms with E-state index in [0.29, 0.717) is 48.9 Å². The van der Waals surface area contributed by atoms with Crippen molar-refractivity contribution in [1.29, 1.82) is 0 Å². The number of piperazine rings is 1. The van der Waals surface area contributed by atoms with Gasteiger partial charge in [0.25, 0.3) is 5.56 Å². The van der Waals surface area contributed by atoms with Crippen LogP contribution in [0.3, 0.4) is 0 Å². The lowest BCUT2D eigenvalue weighted by atomic mass is 9.95. The average molecular weight is 492 g/mol. The van der Waals surface area contributed by atoms with Gasteiger partial charge < -0.3 is 19.0 Å². The Kier molecular flexibility index (Phi) is 6.61. The highest BCUT2D eigenvalue weighted by atomic mass is 19.1. The first-order valence-corrected chi connectivity index (χ1v) is 11.9. The first-order valence-electron chi connectivity index (χ1n) is 11.9. The number of halogens is 2. The Morgan fingerprint density at radius 1 is 0.972 bits per heavy atom. The Bertz CT molecular complexity index is 1390. The zero-order valence-corrected chi connectivity index (χ0v) is 19.9. The van der Waals surface area contributed by atoms with E-state index in [9.17, 15) is 18.7 Å². The summed E-state index contributed by atoms with van der Waals surface area (Å²) in [6.07, 6.45) is 1.55. The fourth-order valence-corrected chi connectivity index (χ4v) is 4.91. The van der Waals surface area contributed by atoms with Gasteiger partial charge in [0, 0.05) is 31.9 Å². The number of aryl methyl sites for hydroxylation is 1. The highest BCUT2D eigenvalue weighted by Gasteiger charge is 2.32. The van der Waals surface area contributed by atoms with Gasteiger partial charge in [-0.25, -0.2) is 8.78 Å². The Morgan fingerprint density at radius 3 is 2.36 bits per heavy atom. The number of hydrogen-bond acceptors (Lipinski definition) is 5. The van der Waals surface area contributed by atoms with Crippen LogP contribution in [0.5, 0.6) is 5.75 Å². The van der Waals surface area contributed by atoms with E-state index in [4.69, 9.17) is 4.42 Å². The Labute approximate surface area is 207 Å². The Balaban J connectivity index is 1.53. The molecule has 36 heavy (non-hydrogen) atoms. The summed E-state index contributed by atoms with van der Waals surface area (Å²) in [5.74, 6) is -0.156. The van der Waals surface area contributed by atoms with Gasteiger partial charge in [-0.3, -0.25) is 9.69 Å². The minimum absolute atomic E-state index is 0.112. The molecule has 2 aromatic heterocycles. The van der Waals surface area contributed by atoms with E-state index < -0.39 is 6.04 Å².